The van der Waals surface area contributed by atoms with Gasteiger partial charge in [0.15, 0.2) is 0 Å². The molecular weight excluding hydrogens is 345 g/mol. The van der Waals surface area contributed by atoms with E-state index in [2.05, 4.69) is 45.2 Å². The molecule has 0 bridgehead atoms. The molecule has 0 aromatic carbocycles. The average molecular weight is 356 g/mol. The van der Waals surface area contributed by atoms with Crippen LogP contribution in [-0.4, -0.2) is 15.0 Å². The normalized spacial score (nSPS) is 13.7. The molecular formula is C6H11FI2. The minimum atomic E-state index is -0.562. The Bertz CT molecular complexity index is 59.0. The number of unbranched alkanes of at least 4 members (excludes halogenated alkanes) is 1. The Morgan fingerprint density at radius 2 is 1.89 bits per heavy atom. The minimum Gasteiger partial charge on any atom is -0.247 e. The van der Waals surface area contributed by atoms with Gasteiger partial charge in [-0.3, -0.25) is 0 Å². The smallest absolute Gasteiger partial charge is 0.109 e. The zero-order valence-corrected chi connectivity index (χ0v) is 9.56. The summed E-state index contributed by atoms with van der Waals surface area (Å²) in [5, 5.41) is 0. The number of hydrogen-bond donors (Lipinski definition) is 0. The Balaban J connectivity index is 2.88. The van der Waals surface area contributed by atoms with Crippen LogP contribution in [0.3, 0.4) is 0 Å². The van der Waals surface area contributed by atoms with Gasteiger partial charge in [0.05, 0.1) is 0 Å². The van der Waals surface area contributed by atoms with Crippen LogP contribution in [0.1, 0.15) is 19.3 Å². The molecule has 0 amide bonds. The summed E-state index contributed by atoms with van der Waals surface area (Å²) in [5.41, 5.74) is 0. The van der Waals surface area contributed by atoms with Gasteiger partial charge in [0, 0.05) is 4.43 Å². The molecule has 3 heteroatoms. The van der Waals surface area contributed by atoms with Crippen molar-refractivity contribution in [1.29, 1.82) is 0 Å². The van der Waals surface area contributed by atoms with Crippen molar-refractivity contribution < 1.29 is 4.39 Å². The lowest BCUT2D eigenvalue weighted by Gasteiger charge is -2.00. The summed E-state index contributed by atoms with van der Waals surface area (Å²) in [4.78, 5) is 0. The first kappa shape index (κ1) is 10.4. The van der Waals surface area contributed by atoms with Crippen LogP contribution >= 0.6 is 45.2 Å². The summed E-state index contributed by atoms with van der Waals surface area (Å²) in [5.74, 6) is 0. The number of alkyl halides is 3. The zero-order valence-electron chi connectivity index (χ0n) is 5.25. The molecule has 1 unspecified atom stereocenters. The van der Waals surface area contributed by atoms with Gasteiger partial charge in [-0.05, 0) is 23.7 Å². The summed E-state index contributed by atoms with van der Waals surface area (Å²) in [6.07, 6.45) is 2.41. The first-order valence-electron chi connectivity index (χ1n) is 3.07. The van der Waals surface area contributed by atoms with Gasteiger partial charge in [0.25, 0.3) is 0 Å². The quantitative estimate of drug-likeness (QED) is 0.403. The highest BCUT2D eigenvalue weighted by Crippen LogP contribution is 2.08. The molecule has 0 heterocycles. The maximum Gasteiger partial charge on any atom is 0.109 e. The molecule has 0 aromatic heterocycles. The molecule has 0 aliphatic heterocycles. The second kappa shape index (κ2) is 7.50. The summed E-state index contributed by atoms with van der Waals surface area (Å²) >= 11 is 4.41. The Kier molecular flexibility index (Phi) is 8.65. The van der Waals surface area contributed by atoms with E-state index in [4.69, 9.17) is 0 Å². The predicted octanol–water partition coefficient (Wildman–Crippen LogP) is 3.36. The van der Waals surface area contributed by atoms with Gasteiger partial charge in [0.1, 0.15) is 6.17 Å². The molecule has 0 nitrogen and oxygen atoms in total. The van der Waals surface area contributed by atoms with Gasteiger partial charge in [-0.25, -0.2) is 4.39 Å². The topological polar surface area (TPSA) is 0 Å². The summed E-state index contributed by atoms with van der Waals surface area (Å²) in [7, 11) is 0. The van der Waals surface area contributed by atoms with Gasteiger partial charge >= 0.3 is 0 Å². The molecule has 0 aromatic rings. The van der Waals surface area contributed by atoms with E-state index in [0.29, 0.717) is 4.43 Å². The highest BCUT2D eigenvalue weighted by atomic mass is 127. The molecule has 0 aliphatic rings. The molecule has 0 fully saturated rings. The molecule has 0 N–H and O–H groups in total. The third kappa shape index (κ3) is 7.29. The van der Waals surface area contributed by atoms with Crippen molar-refractivity contribution in [2.45, 2.75) is 25.4 Å². The van der Waals surface area contributed by atoms with E-state index in [1.54, 1.807) is 0 Å². The SMILES string of the molecule is FC(CI)CCCCI. The highest BCUT2D eigenvalue weighted by Gasteiger charge is 2.01. The fourth-order valence-electron chi connectivity index (χ4n) is 0.537. The Morgan fingerprint density at radius 1 is 1.22 bits per heavy atom. The third-order valence-electron chi connectivity index (χ3n) is 1.07. The minimum absolute atomic E-state index is 0.562. The first-order chi connectivity index (χ1) is 4.31. The van der Waals surface area contributed by atoms with E-state index in [-0.39, 0.29) is 0 Å². The van der Waals surface area contributed by atoms with Crippen molar-refractivity contribution in [1.82, 2.24) is 0 Å². The monoisotopic (exact) mass is 356 g/mol. The molecule has 9 heavy (non-hydrogen) atoms. The van der Waals surface area contributed by atoms with Crippen LogP contribution < -0.4 is 0 Å². The van der Waals surface area contributed by atoms with Crippen LogP contribution in [0.5, 0.6) is 0 Å². The zero-order chi connectivity index (χ0) is 7.11. The largest absolute Gasteiger partial charge is 0.247 e. The second-order valence-electron chi connectivity index (χ2n) is 1.94. The molecule has 0 radical (unpaired) electrons. The van der Waals surface area contributed by atoms with Crippen molar-refractivity contribution in [3.63, 3.8) is 0 Å². The predicted molar refractivity (Wildman–Crippen MR) is 56.5 cm³/mol. The Morgan fingerprint density at radius 3 is 2.33 bits per heavy atom. The molecule has 1 atom stereocenters. The second-order valence-corrected chi connectivity index (χ2v) is 3.90. The lowest BCUT2D eigenvalue weighted by Crippen LogP contribution is -2.00. The Labute approximate surface area is 83.3 Å². The Hall–Kier alpha value is 1.39. The van der Waals surface area contributed by atoms with Crippen LogP contribution in [0.15, 0.2) is 0 Å². The van der Waals surface area contributed by atoms with Crippen LogP contribution in [0.2, 0.25) is 0 Å². The van der Waals surface area contributed by atoms with Crippen molar-refractivity contribution in [3.8, 4) is 0 Å². The number of hydrogen-bond acceptors (Lipinski definition) is 0. The van der Waals surface area contributed by atoms with E-state index < -0.39 is 6.17 Å². The van der Waals surface area contributed by atoms with Gasteiger partial charge < -0.3 is 0 Å². The summed E-state index contributed by atoms with van der Waals surface area (Å²) < 4.78 is 14.3. The molecule has 0 saturated carbocycles. The lowest BCUT2D eigenvalue weighted by molar-refractivity contribution is 0.343. The van der Waals surface area contributed by atoms with Crippen molar-refractivity contribution >= 4 is 45.2 Å². The standard InChI is InChI=1S/C6H11FI2/c7-6(5-9)3-1-2-4-8/h6H,1-5H2. The maximum atomic E-state index is 12.4. The fourth-order valence-corrected chi connectivity index (χ4v) is 1.52. The van der Waals surface area contributed by atoms with E-state index in [1.807, 2.05) is 0 Å². The van der Waals surface area contributed by atoms with Crippen molar-refractivity contribution in [2.24, 2.45) is 0 Å². The van der Waals surface area contributed by atoms with E-state index in [1.165, 1.54) is 0 Å². The van der Waals surface area contributed by atoms with Crippen LogP contribution in [0.25, 0.3) is 0 Å². The number of halogens is 3. The molecule has 56 valence electrons. The molecule has 0 rings (SSSR count). The molecule has 0 aliphatic carbocycles. The molecule has 0 spiro atoms. The molecule has 0 saturated heterocycles. The van der Waals surface area contributed by atoms with Gasteiger partial charge in [-0.15, -0.1) is 0 Å². The summed E-state index contributed by atoms with van der Waals surface area (Å²) in [6, 6.07) is 0. The highest BCUT2D eigenvalue weighted by molar-refractivity contribution is 14.1. The van der Waals surface area contributed by atoms with E-state index in [9.17, 15) is 4.39 Å². The van der Waals surface area contributed by atoms with E-state index in [0.717, 1.165) is 23.7 Å². The van der Waals surface area contributed by atoms with Gasteiger partial charge in [-0.1, -0.05) is 45.2 Å². The van der Waals surface area contributed by atoms with Crippen molar-refractivity contribution in [2.75, 3.05) is 8.86 Å². The van der Waals surface area contributed by atoms with E-state index >= 15 is 0 Å². The van der Waals surface area contributed by atoms with Gasteiger partial charge in [-0.2, -0.15) is 0 Å². The lowest BCUT2D eigenvalue weighted by atomic mass is 10.2. The average Bonchev–Trinajstić information content (AvgIpc) is 1.89. The van der Waals surface area contributed by atoms with Crippen LogP contribution in [0.4, 0.5) is 4.39 Å². The van der Waals surface area contributed by atoms with Crippen LogP contribution in [-0.2, 0) is 0 Å². The number of rotatable bonds is 5. The summed E-state index contributed by atoms with van der Waals surface area (Å²) in [6.45, 7) is 0. The maximum absolute atomic E-state index is 12.4. The van der Waals surface area contributed by atoms with Crippen LogP contribution in [0, 0.1) is 0 Å². The van der Waals surface area contributed by atoms with Crippen molar-refractivity contribution in [3.05, 3.63) is 0 Å². The van der Waals surface area contributed by atoms with Gasteiger partial charge in [0.2, 0.25) is 0 Å². The first-order valence-corrected chi connectivity index (χ1v) is 6.12. The fraction of sp³-hybridized carbons (Fsp3) is 1.00. The third-order valence-corrected chi connectivity index (χ3v) is 2.79.